The molecule has 1 atom stereocenters. The molecule has 2 aromatic rings. The molecule has 0 amide bonds. The molecule has 96 valence electrons. The highest BCUT2D eigenvalue weighted by Crippen LogP contribution is 2.37. The number of anilines is 1. The molecular formula is C14H12FN3S. The number of aromatic nitrogens is 1. The fraction of sp³-hybridized carbons (Fsp3) is 0.0714. The lowest BCUT2D eigenvalue weighted by Crippen LogP contribution is -2.34. The van der Waals surface area contributed by atoms with E-state index < -0.39 is 0 Å². The maximum atomic E-state index is 13.4. The molecule has 2 heterocycles. The molecule has 0 fully saturated rings. The topological polar surface area (TPSA) is 42.1 Å². The highest BCUT2D eigenvalue weighted by Gasteiger charge is 2.26. The molecule has 1 unspecified atom stereocenters. The zero-order valence-electron chi connectivity index (χ0n) is 10.0. The lowest BCUT2D eigenvalue weighted by Gasteiger charge is -2.26. The third kappa shape index (κ3) is 2.34. The Labute approximate surface area is 114 Å². The minimum Gasteiger partial charge on any atom is -0.314 e. The minimum absolute atomic E-state index is 0.220. The van der Waals surface area contributed by atoms with Crippen LogP contribution >= 0.6 is 11.8 Å². The second-order valence-corrected chi connectivity index (χ2v) is 5.11. The largest absolute Gasteiger partial charge is 0.314 e. The molecule has 1 aromatic heterocycles. The van der Waals surface area contributed by atoms with Gasteiger partial charge in [-0.2, -0.15) is 0 Å². The van der Waals surface area contributed by atoms with E-state index in [0.717, 1.165) is 16.9 Å². The second kappa shape index (κ2) is 5.03. The Bertz CT molecular complexity index is 615. The predicted octanol–water partition coefficient (Wildman–Crippen LogP) is 3.01. The highest BCUT2D eigenvalue weighted by atomic mass is 32.2. The normalized spacial score (nSPS) is 18.5. The van der Waals surface area contributed by atoms with Gasteiger partial charge in [0, 0.05) is 11.8 Å². The molecular weight excluding hydrogens is 261 g/mol. The van der Waals surface area contributed by atoms with Gasteiger partial charge in [0.15, 0.2) is 0 Å². The van der Waals surface area contributed by atoms with Crippen LogP contribution in [0.5, 0.6) is 0 Å². The molecule has 0 spiro atoms. The lowest BCUT2D eigenvalue weighted by molar-refractivity contribution is 0.627. The van der Waals surface area contributed by atoms with Crippen LogP contribution in [0, 0.1) is 5.82 Å². The van der Waals surface area contributed by atoms with Crippen molar-refractivity contribution in [2.45, 2.75) is 5.50 Å². The third-order valence-corrected chi connectivity index (χ3v) is 3.73. The summed E-state index contributed by atoms with van der Waals surface area (Å²) >= 11 is 1.50. The summed E-state index contributed by atoms with van der Waals surface area (Å²) in [5.74, 6) is -0.255. The average Bonchev–Trinajstić information content (AvgIpc) is 2.82. The fourth-order valence-electron chi connectivity index (χ4n) is 2.03. The number of rotatable bonds is 2. The van der Waals surface area contributed by atoms with Gasteiger partial charge < -0.3 is 10.6 Å². The third-order valence-electron chi connectivity index (χ3n) is 2.88. The van der Waals surface area contributed by atoms with Crippen LogP contribution in [0.4, 0.5) is 10.1 Å². The van der Waals surface area contributed by atoms with Gasteiger partial charge in [-0.15, -0.1) is 0 Å². The second-order valence-electron chi connectivity index (χ2n) is 4.12. The summed E-state index contributed by atoms with van der Waals surface area (Å²) in [5, 5.41) is 1.95. The first-order valence-electron chi connectivity index (χ1n) is 5.82. The molecule has 19 heavy (non-hydrogen) atoms. The van der Waals surface area contributed by atoms with E-state index in [9.17, 15) is 4.39 Å². The van der Waals surface area contributed by atoms with Crippen LogP contribution in [0.15, 0.2) is 54.2 Å². The van der Waals surface area contributed by atoms with Gasteiger partial charge in [0.25, 0.3) is 0 Å². The smallest absolute Gasteiger partial charge is 0.134 e. The molecule has 0 bridgehead atoms. The van der Waals surface area contributed by atoms with Gasteiger partial charge in [-0.3, -0.25) is 4.98 Å². The molecule has 0 aliphatic carbocycles. The van der Waals surface area contributed by atoms with Crippen LogP contribution < -0.4 is 10.6 Å². The average molecular weight is 273 g/mol. The van der Waals surface area contributed by atoms with E-state index in [2.05, 4.69) is 4.98 Å². The summed E-state index contributed by atoms with van der Waals surface area (Å²) in [6, 6.07) is 10.3. The van der Waals surface area contributed by atoms with E-state index in [1.165, 1.54) is 23.9 Å². The van der Waals surface area contributed by atoms with Crippen molar-refractivity contribution in [1.82, 2.24) is 4.98 Å². The monoisotopic (exact) mass is 273 g/mol. The minimum atomic E-state index is -0.255. The van der Waals surface area contributed by atoms with Crippen molar-refractivity contribution in [2.24, 2.45) is 5.73 Å². The van der Waals surface area contributed by atoms with E-state index in [1.807, 2.05) is 28.5 Å². The summed E-state index contributed by atoms with van der Waals surface area (Å²) in [6.45, 7) is 0. The van der Waals surface area contributed by atoms with Gasteiger partial charge in [0.2, 0.25) is 0 Å². The van der Waals surface area contributed by atoms with Crippen molar-refractivity contribution in [2.75, 3.05) is 4.90 Å². The van der Waals surface area contributed by atoms with Crippen LogP contribution in [-0.2, 0) is 0 Å². The molecule has 1 aromatic carbocycles. The SMILES string of the molecule is NC1SC=C(c2cccc(F)c2)N1c1cccnc1. The maximum Gasteiger partial charge on any atom is 0.134 e. The Morgan fingerprint density at radius 3 is 2.89 bits per heavy atom. The number of nitrogens with two attached hydrogens (primary N) is 1. The van der Waals surface area contributed by atoms with Crippen LogP contribution in [0.25, 0.3) is 5.70 Å². The van der Waals surface area contributed by atoms with Crippen molar-refractivity contribution in [1.29, 1.82) is 0 Å². The summed E-state index contributed by atoms with van der Waals surface area (Å²) in [5.41, 5.74) is 8.47. The van der Waals surface area contributed by atoms with Crippen LogP contribution in [0.1, 0.15) is 5.56 Å². The number of thioether (sulfide) groups is 1. The highest BCUT2D eigenvalue weighted by molar-refractivity contribution is 8.03. The van der Waals surface area contributed by atoms with E-state index in [-0.39, 0.29) is 11.3 Å². The van der Waals surface area contributed by atoms with E-state index >= 15 is 0 Å². The number of benzene rings is 1. The van der Waals surface area contributed by atoms with Gasteiger partial charge in [-0.1, -0.05) is 23.9 Å². The Morgan fingerprint density at radius 1 is 1.26 bits per heavy atom. The number of pyridine rings is 1. The summed E-state index contributed by atoms with van der Waals surface area (Å²) < 4.78 is 13.4. The van der Waals surface area contributed by atoms with Crippen molar-refractivity contribution in [3.05, 3.63) is 65.6 Å². The van der Waals surface area contributed by atoms with Crippen LogP contribution in [0.3, 0.4) is 0 Å². The van der Waals surface area contributed by atoms with Gasteiger partial charge in [0.05, 0.1) is 17.6 Å². The Hall–Kier alpha value is -1.85. The number of hydrogen-bond donors (Lipinski definition) is 1. The van der Waals surface area contributed by atoms with Crippen molar-refractivity contribution < 1.29 is 4.39 Å². The fourth-order valence-corrected chi connectivity index (χ4v) is 2.90. The lowest BCUT2D eigenvalue weighted by atomic mass is 10.1. The van der Waals surface area contributed by atoms with Gasteiger partial charge in [-0.25, -0.2) is 4.39 Å². The maximum absolute atomic E-state index is 13.4. The van der Waals surface area contributed by atoms with Crippen molar-refractivity contribution >= 4 is 23.1 Å². The quantitative estimate of drug-likeness (QED) is 0.913. The van der Waals surface area contributed by atoms with E-state index in [4.69, 9.17) is 5.73 Å². The predicted molar refractivity (Wildman–Crippen MR) is 76.7 cm³/mol. The van der Waals surface area contributed by atoms with Gasteiger partial charge in [-0.05, 0) is 29.7 Å². The summed E-state index contributed by atoms with van der Waals surface area (Å²) in [7, 11) is 0. The van der Waals surface area contributed by atoms with Gasteiger partial charge in [0.1, 0.15) is 11.3 Å². The van der Waals surface area contributed by atoms with Gasteiger partial charge >= 0.3 is 0 Å². The first-order valence-corrected chi connectivity index (χ1v) is 6.76. The van der Waals surface area contributed by atoms with Crippen LogP contribution in [0.2, 0.25) is 0 Å². The molecule has 5 heteroatoms. The zero-order chi connectivity index (χ0) is 13.2. The van der Waals surface area contributed by atoms with E-state index in [1.54, 1.807) is 18.5 Å². The molecule has 0 radical (unpaired) electrons. The molecule has 0 saturated carbocycles. The molecule has 1 aliphatic heterocycles. The Kier molecular flexibility index (Phi) is 3.23. The molecule has 3 rings (SSSR count). The number of halogens is 1. The summed E-state index contributed by atoms with van der Waals surface area (Å²) in [6.07, 6.45) is 3.46. The molecule has 0 saturated heterocycles. The van der Waals surface area contributed by atoms with E-state index in [0.29, 0.717) is 0 Å². The van der Waals surface area contributed by atoms with Crippen molar-refractivity contribution in [3.63, 3.8) is 0 Å². The Morgan fingerprint density at radius 2 is 2.16 bits per heavy atom. The molecule has 3 nitrogen and oxygen atoms in total. The first kappa shape index (κ1) is 12.2. The molecule has 1 aliphatic rings. The van der Waals surface area contributed by atoms with Crippen molar-refractivity contribution in [3.8, 4) is 0 Å². The molecule has 2 N–H and O–H groups in total. The zero-order valence-corrected chi connectivity index (χ0v) is 10.8. The summed E-state index contributed by atoms with van der Waals surface area (Å²) in [4.78, 5) is 6.05. The number of nitrogens with zero attached hydrogens (tertiary/aromatic N) is 2. The number of hydrogen-bond acceptors (Lipinski definition) is 4. The Balaban J connectivity index is 2.01. The first-order chi connectivity index (χ1) is 9.25. The van der Waals surface area contributed by atoms with Crippen LogP contribution in [-0.4, -0.2) is 10.5 Å². The standard InChI is InChI=1S/C14H12FN3S/c15-11-4-1-3-10(7-11)13-9-19-14(16)18(13)12-5-2-6-17-8-12/h1-9,14H,16H2.